The molecule has 0 atom stereocenters. The van der Waals surface area contributed by atoms with Gasteiger partial charge in [0.05, 0.1) is 16.6 Å². The summed E-state index contributed by atoms with van der Waals surface area (Å²) >= 11 is 2.85. The van der Waals surface area contributed by atoms with Crippen LogP contribution in [0.5, 0.6) is 5.75 Å². The summed E-state index contributed by atoms with van der Waals surface area (Å²) in [6.45, 7) is 1.60. The lowest BCUT2D eigenvalue weighted by Gasteiger charge is -2.04. The highest BCUT2D eigenvalue weighted by atomic mass is 79.9. The zero-order valence-electron chi connectivity index (χ0n) is 8.29. The fourth-order valence-corrected chi connectivity index (χ4v) is 1.37. The number of ether oxygens (including phenoxy) is 1. The topological polar surface area (TPSA) is 63.6 Å². The zero-order valence-corrected chi connectivity index (χ0v) is 9.88. The molecule has 1 rings (SSSR count). The van der Waals surface area contributed by atoms with Crippen LogP contribution in [-0.4, -0.2) is 23.5 Å². The third kappa shape index (κ3) is 2.57. The molecule has 16 heavy (non-hydrogen) atoms. The van der Waals surface area contributed by atoms with Crippen LogP contribution in [0.4, 0.5) is 4.39 Å². The van der Waals surface area contributed by atoms with Gasteiger partial charge < -0.3 is 9.84 Å². The molecule has 0 saturated heterocycles. The lowest BCUT2D eigenvalue weighted by molar-refractivity contribution is -0.137. The van der Waals surface area contributed by atoms with Crippen molar-refractivity contribution >= 4 is 27.7 Å². The molecule has 0 amide bonds. The summed E-state index contributed by atoms with van der Waals surface area (Å²) in [4.78, 5) is 22.5. The Morgan fingerprint density at radius 1 is 1.50 bits per heavy atom. The van der Waals surface area contributed by atoms with Crippen molar-refractivity contribution < 1.29 is 23.8 Å². The van der Waals surface area contributed by atoms with Gasteiger partial charge in [0.25, 0.3) is 5.78 Å². The number of aromatic hydroxyl groups is 1. The Kier molecular flexibility index (Phi) is 4.00. The molecule has 0 bridgehead atoms. The fourth-order valence-electron chi connectivity index (χ4n) is 1.02. The van der Waals surface area contributed by atoms with Crippen molar-refractivity contribution in [3.05, 3.63) is 28.0 Å². The Bertz CT molecular complexity index is 445. The van der Waals surface area contributed by atoms with Crippen LogP contribution in [-0.2, 0) is 9.53 Å². The van der Waals surface area contributed by atoms with Gasteiger partial charge in [-0.15, -0.1) is 0 Å². The van der Waals surface area contributed by atoms with Crippen LogP contribution < -0.4 is 0 Å². The summed E-state index contributed by atoms with van der Waals surface area (Å²) in [6, 6.07) is 1.78. The lowest BCUT2D eigenvalue weighted by atomic mass is 10.1. The minimum Gasteiger partial charge on any atom is -0.507 e. The first-order chi connectivity index (χ1) is 7.47. The van der Waals surface area contributed by atoms with E-state index in [2.05, 4.69) is 20.7 Å². The number of phenols is 1. The number of hydrogen-bond acceptors (Lipinski definition) is 4. The van der Waals surface area contributed by atoms with E-state index in [1.54, 1.807) is 6.92 Å². The van der Waals surface area contributed by atoms with Gasteiger partial charge in [0.15, 0.2) is 0 Å². The van der Waals surface area contributed by atoms with Gasteiger partial charge in [-0.25, -0.2) is 9.18 Å². The summed E-state index contributed by atoms with van der Waals surface area (Å²) in [5.41, 5.74) is -0.299. The van der Waals surface area contributed by atoms with Crippen molar-refractivity contribution in [2.45, 2.75) is 6.92 Å². The molecule has 0 saturated carbocycles. The number of hydrogen-bond donors (Lipinski definition) is 1. The summed E-state index contributed by atoms with van der Waals surface area (Å²) in [5, 5.41) is 9.31. The highest BCUT2D eigenvalue weighted by Crippen LogP contribution is 2.25. The molecule has 6 heteroatoms. The molecule has 0 aromatic heterocycles. The Labute approximate surface area is 99.2 Å². The van der Waals surface area contributed by atoms with Gasteiger partial charge in [0.1, 0.15) is 11.6 Å². The number of halogens is 2. The average Bonchev–Trinajstić information content (AvgIpc) is 2.23. The van der Waals surface area contributed by atoms with Gasteiger partial charge >= 0.3 is 5.97 Å². The largest absolute Gasteiger partial charge is 0.507 e. The van der Waals surface area contributed by atoms with E-state index in [4.69, 9.17) is 0 Å². The average molecular weight is 291 g/mol. The van der Waals surface area contributed by atoms with Crippen LogP contribution in [0.3, 0.4) is 0 Å². The Hall–Kier alpha value is -1.43. The van der Waals surface area contributed by atoms with E-state index in [0.717, 1.165) is 12.1 Å². The fraction of sp³-hybridized carbons (Fsp3) is 0.200. The summed E-state index contributed by atoms with van der Waals surface area (Å²) in [7, 11) is 0. The molecule has 0 heterocycles. The number of phenolic OH excluding ortho intramolecular Hbond substituents is 1. The zero-order chi connectivity index (χ0) is 12.3. The third-order valence-electron chi connectivity index (χ3n) is 1.74. The molecule has 0 aliphatic heterocycles. The van der Waals surface area contributed by atoms with Gasteiger partial charge in [-0.3, -0.25) is 4.79 Å². The Balaban J connectivity index is 3.09. The second kappa shape index (κ2) is 5.07. The standard InChI is InChI=1S/C10H8BrFO4/c1-2-16-10(15)9(14)5-3-6(11)7(12)4-8(5)13/h3-4,13H,2H2,1H3. The van der Waals surface area contributed by atoms with Crippen molar-refractivity contribution in [2.75, 3.05) is 6.61 Å². The molecule has 0 aliphatic rings. The summed E-state index contributed by atoms with van der Waals surface area (Å²) < 4.78 is 17.4. The van der Waals surface area contributed by atoms with E-state index >= 15 is 0 Å². The van der Waals surface area contributed by atoms with Crippen LogP contribution in [0.1, 0.15) is 17.3 Å². The van der Waals surface area contributed by atoms with Crippen LogP contribution in [0, 0.1) is 5.82 Å². The molecule has 1 aromatic rings. The predicted molar refractivity (Wildman–Crippen MR) is 56.7 cm³/mol. The van der Waals surface area contributed by atoms with Crippen LogP contribution >= 0.6 is 15.9 Å². The van der Waals surface area contributed by atoms with E-state index in [9.17, 15) is 19.1 Å². The number of carbonyl (C=O) groups excluding carboxylic acids is 2. The van der Waals surface area contributed by atoms with Gasteiger partial charge in [-0.1, -0.05) is 0 Å². The molecule has 0 fully saturated rings. The van der Waals surface area contributed by atoms with Crippen molar-refractivity contribution in [3.63, 3.8) is 0 Å². The number of rotatable bonds is 3. The molecular formula is C10H8BrFO4. The van der Waals surface area contributed by atoms with E-state index in [1.165, 1.54) is 0 Å². The molecule has 1 aromatic carbocycles. The van der Waals surface area contributed by atoms with Gasteiger partial charge in [-0.05, 0) is 28.9 Å². The quantitative estimate of drug-likeness (QED) is 0.526. The van der Waals surface area contributed by atoms with E-state index in [0.29, 0.717) is 0 Å². The molecule has 0 unspecified atom stereocenters. The predicted octanol–water partition coefficient (Wildman–Crippen LogP) is 2.04. The van der Waals surface area contributed by atoms with Crippen molar-refractivity contribution in [3.8, 4) is 5.75 Å². The monoisotopic (exact) mass is 290 g/mol. The number of ketones is 1. The van der Waals surface area contributed by atoms with Gasteiger partial charge in [-0.2, -0.15) is 0 Å². The molecule has 1 N–H and O–H groups in total. The molecule has 0 aliphatic carbocycles. The Morgan fingerprint density at radius 2 is 2.12 bits per heavy atom. The first kappa shape index (κ1) is 12.6. The smallest absolute Gasteiger partial charge is 0.379 e. The Morgan fingerprint density at radius 3 is 2.69 bits per heavy atom. The number of esters is 1. The van der Waals surface area contributed by atoms with E-state index < -0.39 is 23.3 Å². The highest BCUT2D eigenvalue weighted by molar-refractivity contribution is 9.10. The molecule has 0 spiro atoms. The molecule has 4 nitrogen and oxygen atoms in total. The van der Waals surface area contributed by atoms with Crippen molar-refractivity contribution in [2.24, 2.45) is 0 Å². The maximum Gasteiger partial charge on any atom is 0.379 e. The summed E-state index contributed by atoms with van der Waals surface area (Å²) in [5.74, 6) is -3.42. The molecular weight excluding hydrogens is 283 g/mol. The first-order valence-corrected chi connectivity index (χ1v) is 5.16. The van der Waals surface area contributed by atoms with Crippen molar-refractivity contribution in [1.29, 1.82) is 0 Å². The molecule has 86 valence electrons. The lowest BCUT2D eigenvalue weighted by Crippen LogP contribution is -2.17. The number of carbonyl (C=O) groups is 2. The maximum atomic E-state index is 12.9. The van der Waals surface area contributed by atoms with Crippen molar-refractivity contribution in [1.82, 2.24) is 0 Å². The van der Waals surface area contributed by atoms with Crippen LogP contribution in [0.25, 0.3) is 0 Å². The maximum absolute atomic E-state index is 12.9. The normalized spacial score (nSPS) is 9.94. The van der Waals surface area contributed by atoms with E-state index in [1.807, 2.05) is 0 Å². The second-order valence-electron chi connectivity index (χ2n) is 2.83. The first-order valence-electron chi connectivity index (χ1n) is 4.36. The van der Waals surface area contributed by atoms with Crippen LogP contribution in [0.15, 0.2) is 16.6 Å². The highest BCUT2D eigenvalue weighted by Gasteiger charge is 2.22. The summed E-state index contributed by atoms with van der Waals surface area (Å²) in [6.07, 6.45) is 0. The van der Waals surface area contributed by atoms with Crippen LogP contribution in [0.2, 0.25) is 0 Å². The van der Waals surface area contributed by atoms with Gasteiger partial charge in [0.2, 0.25) is 0 Å². The second-order valence-corrected chi connectivity index (χ2v) is 3.69. The minimum atomic E-state index is -1.09. The van der Waals surface area contributed by atoms with Gasteiger partial charge in [0, 0.05) is 6.07 Å². The van der Waals surface area contributed by atoms with E-state index in [-0.39, 0.29) is 16.6 Å². The SMILES string of the molecule is CCOC(=O)C(=O)c1cc(Br)c(F)cc1O. The number of benzene rings is 1. The molecule has 0 radical (unpaired) electrons. The minimum absolute atomic E-state index is 0.0158. The number of Topliss-reactive ketones (excluding diaryl/α,β-unsaturated/α-hetero) is 1. The third-order valence-corrected chi connectivity index (χ3v) is 2.35.